The maximum atomic E-state index is 11.5. The molecule has 132 valence electrons. The third-order valence-electron chi connectivity index (χ3n) is 1.89. The number of esters is 1. The first-order chi connectivity index (χ1) is 10.9. The Morgan fingerprint density at radius 2 is 1.65 bits per heavy atom. The predicted molar refractivity (Wildman–Crippen MR) is 97.7 cm³/mol. The van der Waals surface area contributed by atoms with Crippen molar-refractivity contribution >= 4 is 11.9 Å². The van der Waals surface area contributed by atoms with Crippen LogP contribution < -0.4 is 10.6 Å². The van der Waals surface area contributed by atoms with Gasteiger partial charge in [0.1, 0.15) is 0 Å². The first-order valence-corrected chi connectivity index (χ1v) is 7.80. The Kier molecular flexibility index (Phi) is 19.8. The van der Waals surface area contributed by atoms with Gasteiger partial charge in [-0.25, -0.2) is 4.79 Å². The van der Waals surface area contributed by atoms with Crippen molar-refractivity contribution in [3.05, 3.63) is 48.9 Å². The van der Waals surface area contributed by atoms with Gasteiger partial charge in [-0.05, 0) is 19.9 Å². The van der Waals surface area contributed by atoms with Crippen molar-refractivity contribution in [3.63, 3.8) is 0 Å². The molecule has 0 aromatic carbocycles. The number of hydrogen-bond donors (Lipinski definition) is 2. The summed E-state index contributed by atoms with van der Waals surface area (Å²) in [4.78, 5) is 22.8. The van der Waals surface area contributed by atoms with Gasteiger partial charge in [0.2, 0.25) is 5.91 Å². The SMILES string of the molecule is C=C/C(=C\C(=C)NCC(=O)NC(=C)C)C(=O)OCC.CC.CC. The van der Waals surface area contributed by atoms with Gasteiger partial charge in [0, 0.05) is 11.4 Å². The van der Waals surface area contributed by atoms with Crippen molar-refractivity contribution in [2.75, 3.05) is 13.2 Å². The predicted octanol–water partition coefficient (Wildman–Crippen LogP) is 3.47. The molecule has 0 atom stereocenters. The van der Waals surface area contributed by atoms with E-state index in [4.69, 9.17) is 4.74 Å². The molecular weight excluding hydrogens is 292 g/mol. The molecule has 0 aliphatic heterocycles. The zero-order valence-electron chi connectivity index (χ0n) is 15.4. The summed E-state index contributed by atoms with van der Waals surface area (Å²) in [5.74, 6) is -0.717. The topological polar surface area (TPSA) is 67.4 Å². The highest BCUT2D eigenvalue weighted by molar-refractivity contribution is 5.92. The summed E-state index contributed by atoms with van der Waals surface area (Å²) in [5.41, 5.74) is 1.26. The van der Waals surface area contributed by atoms with Crippen molar-refractivity contribution in [2.45, 2.75) is 41.5 Å². The molecule has 0 aromatic heterocycles. The third kappa shape index (κ3) is 15.9. The molecule has 0 bridgehead atoms. The average Bonchev–Trinajstić information content (AvgIpc) is 2.54. The monoisotopic (exact) mass is 324 g/mol. The van der Waals surface area contributed by atoms with Crippen molar-refractivity contribution < 1.29 is 14.3 Å². The molecule has 0 aliphatic carbocycles. The number of carbonyl (C=O) groups is 2. The van der Waals surface area contributed by atoms with Crippen LogP contribution in [0.15, 0.2) is 48.9 Å². The Bertz CT molecular complexity index is 424. The number of nitrogens with one attached hydrogen (secondary N) is 2. The minimum Gasteiger partial charge on any atom is -0.462 e. The molecule has 0 rings (SSSR count). The van der Waals surface area contributed by atoms with Crippen molar-refractivity contribution in [2.24, 2.45) is 0 Å². The summed E-state index contributed by atoms with van der Waals surface area (Å²) in [7, 11) is 0. The quantitative estimate of drug-likeness (QED) is 0.407. The molecule has 1 amide bonds. The van der Waals surface area contributed by atoms with E-state index in [0.717, 1.165) is 0 Å². The van der Waals surface area contributed by atoms with Gasteiger partial charge in [0.25, 0.3) is 0 Å². The van der Waals surface area contributed by atoms with Crippen molar-refractivity contribution in [3.8, 4) is 0 Å². The Hall–Kier alpha value is -2.30. The maximum Gasteiger partial charge on any atom is 0.338 e. The van der Waals surface area contributed by atoms with Gasteiger partial charge in [0.15, 0.2) is 0 Å². The molecule has 2 N–H and O–H groups in total. The minimum atomic E-state index is -0.480. The molecule has 0 unspecified atom stereocenters. The molecule has 0 fully saturated rings. The van der Waals surface area contributed by atoms with E-state index >= 15 is 0 Å². The highest BCUT2D eigenvalue weighted by atomic mass is 16.5. The van der Waals surface area contributed by atoms with E-state index in [1.165, 1.54) is 12.2 Å². The van der Waals surface area contributed by atoms with E-state index in [2.05, 4.69) is 30.4 Å². The molecule has 5 heteroatoms. The van der Waals surface area contributed by atoms with Gasteiger partial charge in [-0.15, -0.1) is 0 Å². The highest BCUT2D eigenvalue weighted by Gasteiger charge is 2.07. The average molecular weight is 324 g/mol. The normalized spacial score (nSPS) is 9.04. The molecule has 0 aliphatic rings. The van der Waals surface area contributed by atoms with E-state index in [0.29, 0.717) is 11.4 Å². The number of carbonyl (C=O) groups excluding carboxylic acids is 2. The number of amides is 1. The van der Waals surface area contributed by atoms with Crippen LogP contribution in [0.25, 0.3) is 0 Å². The van der Waals surface area contributed by atoms with Gasteiger partial charge in [0.05, 0.1) is 18.7 Å². The van der Waals surface area contributed by atoms with Crippen molar-refractivity contribution in [1.82, 2.24) is 10.6 Å². The Labute approximate surface area is 141 Å². The van der Waals surface area contributed by atoms with Gasteiger partial charge in [-0.3, -0.25) is 4.79 Å². The summed E-state index contributed by atoms with van der Waals surface area (Å²) >= 11 is 0. The molecule has 0 radical (unpaired) electrons. The molecule has 5 nitrogen and oxygen atoms in total. The van der Waals surface area contributed by atoms with E-state index in [9.17, 15) is 9.59 Å². The maximum absolute atomic E-state index is 11.5. The fourth-order valence-electron chi connectivity index (χ4n) is 1.13. The van der Waals surface area contributed by atoms with Gasteiger partial charge >= 0.3 is 5.97 Å². The number of ether oxygens (including phenoxy) is 1. The summed E-state index contributed by atoms with van der Waals surface area (Å²) in [6, 6.07) is 0. The van der Waals surface area contributed by atoms with Crippen molar-refractivity contribution in [1.29, 1.82) is 0 Å². The molecule has 23 heavy (non-hydrogen) atoms. The van der Waals surface area contributed by atoms with Crippen LogP contribution in [0, 0.1) is 0 Å². The highest BCUT2D eigenvalue weighted by Crippen LogP contribution is 2.03. The van der Waals surface area contributed by atoms with Crippen LogP contribution in [0.3, 0.4) is 0 Å². The molecule has 0 saturated carbocycles. The molecule has 0 heterocycles. The zero-order valence-corrected chi connectivity index (χ0v) is 15.4. The lowest BCUT2D eigenvalue weighted by molar-refractivity contribution is -0.138. The molecule has 0 saturated heterocycles. The Morgan fingerprint density at radius 3 is 2.04 bits per heavy atom. The summed E-state index contributed by atoms with van der Waals surface area (Å²) in [5, 5.41) is 5.31. The van der Waals surface area contributed by atoms with Crippen LogP contribution in [0.5, 0.6) is 0 Å². The third-order valence-corrected chi connectivity index (χ3v) is 1.89. The lowest BCUT2D eigenvalue weighted by Gasteiger charge is -2.08. The molecular formula is C18H32N2O3. The van der Waals surface area contributed by atoms with Gasteiger partial charge < -0.3 is 15.4 Å². The van der Waals surface area contributed by atoms with Crippen LogP contribution in [0.4, 0.5) is 0 Å². The summed E-state index contributed by atoms with van der Waals surface area (Å²) < 4.78 is 4.84. The second-order valence-corrected chi connectivity index (χ2v) is 3.73. The standard InChI is InChI=1S/C14H20N2O3.2C2H6/c1-6-12(14(18)19-7-2)8-11(5)15-9-13(17)16-10(3)4;2*1-2/h6,8,15H,1,3,5,7,9H2,2,4H3,(H,16,17);2*1-2H3/b12-8+;;. The first kappa shape index (κ1) is 25.6. The van der Waals surface area contributed by atoms with E-state index in [-0.39, 0.29) is 24.6 Å². The van der Waals surface area contributed by atoms with Crippen LogP contribution in [-0.2, 0) is 14.3 Å². The van der Waals surface area contributed by atoms with E-state index < -0.39 is 5.97 Å². The number of rotatable bonds is 8. The lowest BCUT2D eigenvalue weighted by Crippen LogP contribution is -2.31. The first-order valence-electron chi connectivity index (χ1n) is 7.80. The lowest BCUT2D eigenvalue weighted by atomic mass is 10.2. The number of hydrogen-bond acceptors (Lipinski definition) is 4. The summed E-state index contributed by atoms with van der Waals surface area (Å²) in [6.45, 7) is 22.5. The molecule has 0 spiro atoms. The Balaban J connectivity index is -0.000000919. The van der Waals surface area contributed by atoms with E-state index in [1.54, 1.807) is 13.8 Å². The van der Waals surface area contributed by atoms with Crippen LogP contribution >= 0.6 is 0 Å². The second-order valence-electron chi connectivity index (χ2n) is 3.73. The Morgan fingerprint density at radius 1 is 1.13 bits per heavy atom. The van der Waals surface area contributed by atoms with Gasteiger partial charge in [-0.1, -0.05) is 53.5 Å². The van der Waals surface area contributed by atoms with Gasteiger partial charge in [-0.2, -0.15) is 0 Å². The van der Waals surface area contributed by atoms with Crippen LogP contribution in [-0.4, -0.2) is 25.0 Å². The van der Waals surface area contributed by atoms with Crippen LogP contribution in [0.1, 0.15) is 41.5 Å². The van der Waals surface area contributed by atoms with E-state index in [1.807, 2.05) is 27.7 Å². The largest absolute Gasteiger partial charge is 0.462 e. The van der Waals surface area contributed by atoms with Crippen LogP contribution in [0.2, 0.25) is 0 Å². The fraction of sp³-hybridized carbons (Fsp3) is 0.444. The smallest absolute Gasteiger partial charge is 0.338 e. The number of allylic oxidation sites excluding steroid dienone is 2. The summed E-state index contributed by atoms with van der Waals surface area (Å²) in [6.07, 6.45) is 2.85. The second kappa shape index (κ2) is 17.8. The minimum absolute atomic E-state index is 0.0371. The zero-order chi connectivity index (χ0) is 18.8. The molecule has 0 aromatic rings. The fourth-order valence-corrected chi connectivity index (χ4v) is 1.13.